The van der Waals surface area contributed by atoms with E-state index in [4.69, 9.17) is 0 Å². The minimum atomic E-state index is -0.137. The number of hydrogen-bond donors (Lipinski definition) is 0. The molecule has 5 nitrogen and oxygen atoms in total. The van der Waals surface area contributed by atoms with Crippen LogP contribution >= 0.6 is 0 Å². The van der Waals surface area contributed by atoms with Crippen molar-refractivity contribution in [1.82, 2.24) is 19.6 Å². The number of para-hydroxylation sites is 1. The third-order valence-corrected chi connectivity index (χ3v) is 3.96. The van der Waals surface area contributed by atoms with Crippen LogP contribution in [0.5, 0.6) is 0 Å². The zero-order valence-electron chi connectivity index (χ0n) is 13.7. The summed E-state index contributed by atoms with van der Waals surface area (Å²) in [5, 5.41) is 8.90. The molecule has 5 heteroatoms. The first-order valence-corrected chi connectivity index (χ1v) is 7.99. The van der Waals surface area contributed by atoms with E-state index in [1.54, 1.807) is 27.8 Å². The van der Waals surface area contributed by atoms with Crippen LogP contribution in [0.3, 0.4) is 0 Å². The Morgan fingerprint density at radius 3 is 2.48 bits per heavy atom. The molecule has 2 aromatic heterocycles. The fraction of sp³-hybridized carbons (Fsp3) is 0.0500. The Hall–Kier alpha value is -3.47. The molecule has 0 unspecified atom stereocenters. The SMILES string of the molecule is Cc1cccc(-n2ccc(=O)c(-c3ccnn3-c3ccccc3)n2)c1. The number of nitrogens with zero attached hydrogens (tertiary/aromatic N) is 4. The molecule has 0 aliphatic rings. The van der Waals surface area contributed by atoms with Gasteiger partial charge in [0.25, 0.3) is 0 Å². The normalized spacial score (nSPS) is 10.8. The summed E-state index contributed by atoms with van der Waals surface area (Å²) in [6.07, 6.45) is 3.36. The number of hydrogen-bond acceptors (Lipinski definition) is 3. The van der Waals surface area contributed by atoms with Crippen molar-refractivity contribution in [2.45, 2.75) is 6.92 Å². The van der Waals surface area contributed by atoms with Crippen molar-refractivity contribution >= 4 is 0 Å². The first-order valence-electron chi connectivity index (χ1n) is 7.99. The maximum absolute atomic E-state index is 12.4. The smallest absolute Gasteiger partial charge is 0.209 e. The molecule has 25 heavy (non-hydrogen) atoms. The van der Waals surface area contributed by atoms with Crippen molar-refractivity contribution in [1.29, 1.82) is 0 Å². The van der Waals surface area contributed by atoms with Crippen LogP contribution in [0.2, 0.25) is 0 Å². The minimum absolute atomic E-state index is 0.137. The molecule has 0 spiro atoms. The number of benzene rings is 2. The largest absolute Gasteiger partial charge is 0.287 e. The van der Waals surface area contributed by atoms with E-state index in [0.717, 1.165) is 16.9 Å². The van der Waals surface area contributed by atoms with Gasteiger partial charge in [0.1, 0.15) is 0 Å². The maximum Gasteiger partial charge on any atom is 0.209 e. The average Bonchev–Trinajstić information content (AvgIpc) is 3.12. The summed E-state index contributed by atoms with van der Waals surface area (Å²) in [4.78, 5) is 12.4. The van der Waals surface area contributed by atoms with Gasteiger partial charge < -0.3 is 0 Å². The summed E-state index contributed by atoms with van der Waals surface area (Å²) < 4.78 is 3.44. The van der Waals surface area contributed by atoms with Gasteiger partial charge in [0, 0.05) is 12.3 Å². The van der Waals surface area contributed by atoms with E-state index in [1.807, 2.05) is 61.5 Å². The molecule has 4 rings (SSSR count). The third-order valence-electron chi connectivity index (χ3n) is 3.96. The highest BCUT2D eigenvalue weighted by molar-refractivity contribution is 5.57. The molecular weight excluding hydrogens is 312 g/mol. The van der Waals surface area contributed by atoms with Crippen molar-refractivity contribution in [2.24, 2.45) is 0 Å². The van der Waals surface area contributed by atoms with Crippen molar-refractivity contribution in [3.05, 3.63) is 94.9 Å². The lowest BCUT2D eigenvalue weighted by atomic mass is 10.2. The van der Waals surface area contributed by atoms with Gasteiger partial charge in [-0.25, -0.2) is 9.36 Å². The van der Waals surface area contributed by atoms with Gasteiger partial charge in [0.2, 0.25) is 5.43 Å². The summed E-state index contributed by atoms with van der Waals surface area (Å²) in [7, 11) is 0. The zero-order chi connectivity index (χ0) is 17.2. The van der Waals surface area contributed by atoms with Gasteiger partial charge in [-0.05, 0) is 42.8 Å². The predicted octanol–water partition coefficient (Wildman–Crippen LogP) is 3.39. The minimum Gasteiger partial charge on any atom is -0.287 e. The van der Waals surface area contributed by atoms with E-state index >= 15 is 0 Å². The van der Waals surface area contributed by atoms with Crippen LogP contribution in [0.1, 0.15) is 5.56 Å². The Morgan fingerprint density at radius 1 is 0.880 bits per heavy atom. The van der Waals surface area contributed by atoms with E-state index in [2.05, 4.69) is 10.2 Å². The fourth-order valence-corrected chi connectivity index (χ4v) is 2.76. The van der Waals surface area contributed by atoms with Crippen molar-refractivity contribution in [3.8, 4) is 22.8 Å². The molecule has 0 saturated heterocycles. The quantitative estimate of drug-likeness (QED) is 0.579. The molecule has 2 aromatic carbocycles. The molecule has 0 fully saturated rings. The summed E-state index contributed by atoms with van der Waals surface area (Å²) in [5.74, 6) is 0. The Labute approximate surface area is 144 Å². The maximum atomic E-state index is 12.4. The second-order valence-corrected chi connectivity index (χ2v) is 5.78. The van der Waals surface area contributed by atoms with Crippen LogP contribution in [-0.2, 0) is 0 Å². The van der Waals surface area contributed by atoms with E-state index < -0.39 is 0 Å². The molecule has 122 valence electrons. The lowest BCUT2D eigenvalue weighted by molar-refractivity contribution is 0.822. The predicted molar refractivity (Wildman–Crippen MR) is 97.1 cm³/mol. The molecule has 0 saturated carbocycles. The second kappa shape index (κ2) is 6.20. The van der Waals surface area contributed by atoms with Gasteiger partial charge in [-0.1, -0.05) is 30.3 Å². The highest BCUT2D eigenvalue weighted by atomic mass is 16.1. The lowest BCUT2D eigenvalue weighted by Gasteiger charge is -2.10. The Bertz CT molecular complexity index is 1080. The third kappa shape index (κ3) is 2.87. The zero-order valence-corrected chi connectivity index (χ0v) is 13.7. The Morgan fingerprint density at radius 2 is 1.68 bits per heavy atom. The lowest BCUT2D eigenvalue weighted by Crippen LogP contribution is -2.14. The molecule has 0 aliphatic carbocycles. The van der Waals surface area contributed by atoms with Crippen molar-refractivity contribution in [3.63, 3.8) is 0 Å². The van der Waals surface area contributed by atoms with Gasteiger partial charge in [0.15, 0.2) is 5.69 Å². The number of rotatable bonds is 3. The highest BCUT2D eigenvalue weighted by Gasteiger charge is 2.13. The molecule has 2 heterocycles. The second-order valence-electron chi connectivity index (χ2n) is 5.78. The van der Waals surface area contributed by atoms with Gasteiger partial charge >= 0.3 is 0 Å². The molecular formula is C20H16N4O. The van der Waals surface area contributed by atoms with Crippen LogP contribution < -0.4 is 5.43 Å². The van der Waals surface area contributed by atoms with Crippen molar-refractivity contribution in [2.75, 3.05) is 0 Å². The molecule has 0 aliphatic heterocycles. The first-order chi connectivity index (χ1) is 12.2. The Balaban J connectivity index is 1.86. The number of aromatic nitrogens is 4. The van der Waals surface area contributed by atoms with E-state index in [-0.39, 0.29) is 5.43 Å². The molecule has 0 radical (unpaired) electrons. The number of aryl methyl sites for hydroxylation is 1. The summed E-state index contributed by atoms with van der Waals surface area (Å²) >= 11 is 0. The standard InChI is InChI=1S/C20H16N4O/c1-15-6-5-9-17(14-15)23-13-11-19(25)20(22-23)18-10-12-21-24(18)16-7-3-2-4-8-16/h2-14H,1H3. The molecule has 0 N–H and O–H groups in total. The fourth-order valence-electron chi connectivity index (χ4n) is 2.76. The van der Waals surface area contributed by atoms with Crippen LogP contribution in [0.15, 0.2) is 83.9 Å². The molecule has 0 atom stereocenters. The Kier molecular flexibility index (Phi) is 3.74. The van der Waals surface area contributed by atoms with Crippen LogP contribution in [0, 0.1) is 6.92 Å². The van der Waals surface area contributed by atoms with Gasteiger partial charge in [-0.15, -0.1) is 0 Å². The van der Waals surface area contributed by atoms with E-state index in [1.165, 1.54) is 6.07 Å². The van der Waals surface area contributed by atoms with Crippen molar-refractivity contribution < 1.29 is 0 Å². The molecule has 0 amide bonds. The highest BCUT2D eigenvalue weighted by Crippen LogP contribution is 2.18. The summed E-state index contributed by atoms with van der Waals surface area (Å²) in [6.45, 7) is 2.03. The molecule has 0 bridgehead atoms. The average molecular weight is 328 g/mol. The van der Waals surface area contributed by atoms with Crippen LogP contribution in [-0.4, -0.2) is 19.6 Å². The van der Waals surface area contributed by atoms with Crippen LogP contribution in [0.25, 0.3) is 22.8 Å². The summed E-state index contributed by atoms with van der Waals surface area (Å²) in [6, 6.07) is 21.0. The van der Waals surface area contributed by atoms with Gasteiger partial charge in [-0.3, -0.25) is 4.79 Å². The molecule has 4 aromatic rings. The monoisotopic (exact) mass is 328 g/mol. The van der Waals surface area contributed by atoms with Gasteiger partial charge in [0.05, 0.1) is 23.3 Å². The van der Waals surface area contributed by atoms with Gasteiger partial charge in [-0.2, -0.15) is 10.2 Å². The first kappa shape index (κ1) is 15.1. The topological polar surface area (TPSA) is 52.7 Å². The van der Waals surface area contributed by atoms with E-state index in [0.29, 0.717) is 11.4 Å². The van der Waals surface area contributed by atoms with Crippen LogP contribution in [0.4, 0.5) is 0 Å². The van der Waals surface area contributed by atoms with E-state index in [9.17, 15) is 4.79 Å². The summed E-state index contributed by atoms with van der Waals surface area (Å²) in [5.41, 5.74) is 3.82.